The van der Waals surface area contributed by atoms with Crippen LogP contribution in [0, 0.1) is 0 Å². The highest BCUT2D eigenvalue weighted by Gasteiger charge is 2.36. The van der Waals surface area contributed by atoms with Crippen LogP contribution in [-0.4, -0.2) is 56.1 Å². The van der Waals surface area contributed by atoms with Gasteiger partial charge in [0.05, 0.1) is 6.10 Å². The second-order valence-electron chi connectivity index (χ2n) is 4.79. The Kier molecular flexibility index (Phi) is 8.85. The van der Waals surface area contributed by atoms with Gasteiger partial charge in [-0.05, 0) is 32.1 Å². The number of ether oxygens (including phenoxy) is 2. The van der Waals surface area contributed by atoms with E-state index < -0.39 is 8.80 Å². The standard InChI is InChI=1S/C13H28O5Si/c1-14-19(15-2,16-3)12-6-10-17-9-5-4-7-13-8-11-18-13/h13H,4-12H2,1-3H3. The van der Waals surface area contributed by atoms with Gasteiger partial charge in [-0.2, -0.15) is 0 Å². The fraction of sp³-hybridized carbons (Fsp3) is 1.00. The Morgan fingerprint density at radius 3 is 2.16 bits per heavy atom. The Bertz CT molecular complexity index is 211. The summed E-state index contributed by atoms with van der Waals surface area (Å²) in [5.74, 6) is 0. The van der Waals surface area contributed by atoms with Crippen molar-refractivity contribution >= 4 is 8.80 Å². The van der Waals surface area contributed by atoms with Crippen LogP contribution in [0.1, 0.15) is 32.1 Å². The minimum atomic E-state index is -2.40. The van der Waals surface area contributed by atoms with Gasteiger partial charge in [0.2, 0.25) is 0 Å². The van der Waals surface area contributed by atoms with Crippen LogP contribution >= 0.6 is 0 Å². The Morgan fingerprint density at radius 1 is 1.00 bits per heavy atom. The Hall–Kier alpha value is 0.0169. The van der Waals surface area contributed by atoms with Gasteiger partial charge in [-0.3, -0.25) is 0 Å². The van der Waals surface area contributed by atoms with Crippen LogP contribution in [0.2, 0.25) is 6.04 Å². The summed E-state index contributed by atoms with van der Waals surface area (Å²) in [5, 5.41) is 0. The second kappa shape index (κ2) is 9.85. The predicted molar refractivity (Wildman–Crippen MR) is 75.2 cm³/mol. The number of unbranched alkanes of at least 4 members (excludes halogenated alkanes) is 1. The van der Waals surface area contributed by atoms with E-state index in [-0.39, 0.29) is 0 Å². The topological polar surface area (TPSA) is 46.2 Å². The zero-order chi connectivity index (χ0) is 14.0. The van der Waals surface area contributed by atoms with E-state index in [9.17, 15) is 0 Å². The minimum Gasteiger partial charge on any atom is -0.381 e. The van der Waals surface area contributed by atoms with E-state index in [1.165, 1.54) is 19.3 Å². The summed E-state index contributed by atoms with van der Waals surface area (Å²) < 4.78 is 27.0. The molecule has 19 heavy (non-hydrogen) atoms. The van der Waals surface area contributed by atoms with Gasteiger partial charge >= 0.3 is 8.80 Å². The number of rotatable bonds is 12. The zero-order valence-electron chi connectivity index (χ0n) is 12.5. The minimum absolute atomic E-state index is 0.525. The lowest BCUT2D eigenvalue weighted by Gasteiger charge is -2.26. The Morgan fingerprint density at radius 2 is 1.63 bits per heavy atom. The molecule has 6 heteroatoms. The highest BCUT2D eigenvalue weighted by Crippen LogP contribution is 2.17. The fourth-order valence-electron chi connectivity index (χ4n) is 2.14. The first kappa shape index (κ1) is 17.1. The van der Waals surface area contributed by atoms with Gasteiger partial charge in [-0.15, -0.1) is 0 Å². The van der Waals surface area contributed by atoms with Crippen molar-refractivity contribution in [1.29, 1.82) is 0 Å². The van der Waals surface area contributed by atoms with Crippen molar-refractivity contribution in [2.45, 2.75) is 44.3 Å². The molecule has 1 atom stereocenters. The van der Waals surface area contributed by atoms with Gasteiger partial charge in [-0.1, -0.05) is 0 Å². The highest BCUT2D eigenvalue weighted by molar-refractivity contribution is 6.60. The molecule has 0 aromatic heterocycles. The molecule has 1 aliphatic rings. The van der Waals surface area contributed by atoms with Crippen LogP contribution in [0.15, 0.2) is 0 Å². The maximum Gasteiger partial charge on any atom is 0.500 e. The van der Waals surface area contributed by atoms with Crippen LogP contribution in [0.5, 0.6) is 0 Å². The van der Waals surface area contributed by atoms with Crippen molar-refractivity contribution in [2.75, 3.05) is 41.2 Å². The quantitative estimate of drug-likeness (QED) is 0.408. The lowest BCUT2D eigenvalue weighted by molar-refractivity contribution is -0.0562. The molecule has 1 saturated heterocycles. The van der Waals surface area contributed by atoms with Crippen LogP contribution in [-0.2, 0) is 22.8 Å². The molecule has 0 N–H and O–H groups in total. The molecule has 0 aliphatic carbocycles. The predicted octanol–water partition coefficient (Wildman–Crippen LogP) is 2.23. The van der Waals surface area contributed by atoms with E-state index in [1.54, 1.807) is 21.3 Å². The average molecular weight is 292 g/mol. The first-order valence-corrected chi connectivity index (χ1v) is 9.04. The van der Waals surface area contributed by atoms with E-state index in [2.05, 4.69) is 0 Å². The molecule has 0 amide bonds. The summed E-state index contributed by atoms with van der Waals surface area (Å²) in [6, 6.07) is 0.798. The molecular weight excluding hydrogens is 264 g/mol. The third-order valence-electron chi connectivity index (χ3n) is 3.56. The summed E-state index contributed by atoms with van der Waals surface area (Å²) in [7, 11) is 2.52. The third-order valence-corrected chi connectivity index (χ3v) is 6.39. The lowest BCUT2D eigenvalue weighted by atomic mass is 10.1. The van der Waals surface area contributed by atoms with Gasteiger partial charge in [0.15, 0.2) is 0 Å². The molecule has 0 saturated carbocycles. The fourth-order valence-corrected chi connectivity index (χ4v) is 3.83. The van der Waals surface area contributed by atoms with Crippen molar-refractivity contribution in [3.8, 4) is 0 Å². The summed E-state index contributed by atoms with van der Waals surface area (Å²) in [6.45, 7) is 2.52. The zero-order valence-corrected chi connectivity index (χ0v) is 13.5. The smallest absolute Gasteiger partial charge is 0.381 e. The monoisotopic (exact) mass is 292 g/mol. The first-order valence-electron chi connectivity index (χ1n) is 7.11. The molecule has 5 nitrogen and oxygen atoms in total. The van der Waals surface area contributed by atoms with E-state index >= 15 is 0 Å². The van der Waals surface area contributed by atoms with Crippen molar-refractivity contribution in [2.24, 2.45) is 0 Å². The van der Waals surface area contributed by atoms with Crippen molar-refractivity contribution in [1.82, 2.24) is 0 Å². The Labute approximate surface area is 117 Å². The number of hydrogen-bond donors (Lipinski definition) is 0. The van der Waals surface area contributed by atoms with Gasteiger partial charge in [-0.25, -0.2) is 0 Å². The third kappa shape index (κ3) is 6.33. The maximum atomic E-state index is 5.61. The molecule has 0 aromatic rings. The van der Waals surface area contributed by atoms with Gasteiger partial charge in [0.1, 0.15) is 0 Å². The van der Waals surface area contributed by atoms with Gasteiger partial charge in [0.25, 0.3) is 0 Å². The summed E-state index contributed by atoms with van der Waals surface area (Å²) in [4.78, 5) is 0. The molecule has 1 rings (SSSR count). The summed E-state index contributed by atoms with van der Waals surface area (Å²) >= 11 is 0. The first-order chi connectivity index (χ1) is 9.26. The van der Waals surface area contributed by atoms with Crippen LogP contribution in [0.25, 0.3) is 0 Å². The van der Waals surface area contributed by atoms with Crippen molar-refractivity contribution in [3.63, 3.8) is 0 Å². The van der Waals surface area contributed by atoms with Crippen LogP contribution < -0.4 is 0 Å². The van der Waals surface area contributed by atoms with E-state index in [0.717, 1.165) is 38.7 Å². The van der Waals surface area contributed by atoms with Crippen molar-refractivity contribution in [3.05, 3.63) is 0 Å². The summed E-state index contributed by atoms with van der Waals surface area (Å²) in [5.41, 5.74) is 0. The number of hydrogen-bond acceptors (Lipinski definition) is 5. The summed E-state index contributed by atoms with van der Waals surface area (Å²) in [6.07, 6.45) is 6.15. The van der Waals surface area contributed by atoms with Crippen LogP contribution in [0.3, 0.4) is 0 Å². The molecule has 114 valence electrons. The molecule has 1 fully saturated rings. The second-order valence-corrected chi connectivity index (χ2v) is 7.88. The molecule has 0 bridgehead atoms. The van der Waals surface area contributed by atoms with Gasteiger partial charge < -0.3 is 22.8 Å². The van der Waals surface area contributed by atoms with E-state index in [1.807, 2.05) is 0 Å². The van der Waals surface area contributed by atoms with E-state index in [4.69, 9.17) is 22.8 Å². The van der Waals surface area contributed by atoms with Crippen molar-refractivity contribution < 1.29 is 22.8 Å². The molecule has 0 radical (unpaired) electrons. The molecule has 0 spiro atoms. The maximum absolute atomic E-state index is 5.61. The Balaban J connectivity index is 1.89. The highest BCUT2D eigenvalue weighted by atomic mass is 28.4. The SMILES string of the molecule is CO[Si](CCCOCCCCC1CCO1)(OC)OC. The van der Waals surface area contributed by atoms with Crippen LogP contribution in [0.4, 0.5) is 0 Å². The van der Waals surface area contributed by atoms with Gasteiger partial charge in [0, 0.05) is 47.2 Å². The normalized spacial score (nSPS) is 19.4. The molecule has 1 heterocycles. The molecular formula is C13H28O5Si. The molecule has 1 unspecified atom stereocenters. The average Bonchev–Trinajstić information content (AvgIpc) is 2.40. The largest absolute Gasteiger partial charge is 0.500 e. The molecule has 0 aromatic carbocycles. The molecule has 1 aliphatic heterocycles. The van der Waals surface area contributed by atoms with E-state index in [0.29, 0.717) is 6.10 Å². The lowest BCUT2D eigenvalue weighted by Crippen LogP contribution is -2.42.